The van der Waals surface area contributed by atoms with E-state index in [-0.39, 0.29) is 11.3 Å². The van der Waals surface area contributed by atoms with Crippen LogP contribution in [0.5, 0.6) is 28.7 Å². The smallest absolute Gasteiger partial charge is 0.298 e. The third-order valence-electron chi connectivity index (χ3n) is 3.28. The van der Waals surface area contributed by atoms with E-state index < -0.39 is 53.0 Å². The molecule has 0 saturated heterocycles. The minimum absolute atomic E-state index is 0.0950. The Morgan fingerprint density at radius 1 is 0.769 bits per heavy atom. The monoisotopic (exact) mass is 406 g/mol. The molecule has 4 N–H and O–H groups in total. The van der Waals surface area contributed by atoms with E-state index in [2.05, 4.69) is 0 Å². The summed E-state index contributed by atoms with van der Waals surface area (Å²) in [4.78, 5) is -1.60. The Morgan fingerprint density at radius 2 is 1.23 bits per heavy atom. The number of benzene rings is 2. The summed E-state index contributed by atoms with van der Waals surface area (Å²) in [5, 5.41) is 19.5. The summed E-state index contributed by atoms with van der Waals surface area (Å²) < 4.78 is 74.6. The van der Waals surface area contributed by atoms with Gasteiger partial charge in [-0.05, 0) is 18.6 Å². The van der Waals surface area contributed by atoms with Gasteiger partial charge in [0, 0.05) is 18.2 Å². The van der Waals surface area contributed by atoms with Crippen LogP contribution in [0, 0.1) is 6.92 Å². The van der Waals surface area contributed by atoms with E-state index in [1.807, 2.05) is 0 Å². The van der Waals surface area contributed by atoms with E-state index in [9.17, 15) is 36.2 Å². The fourth-order valence-electron chi connectivity index (χ4n) is 2.03. The molecule has 0 heterocycles. The van der Waals surface area contributed by atoms with Crippen LogP contribution in [0.3, 0.4) is 0 Å². The van der Waals surface area contributed by atoms with Crippen molar-refractivity contribution in [3.8, 4) is 28.7 Å². The molecule has 0 radical (unpaired) electrons. The van der Waals surface area contributed by atoms with Crippen molar-refractivity contribution < 1.29 is 45.6 Å². The molecule has 0 bridgehead atoms. The minimum atomic E-state index is -4.86. The predicted molar refractivity (Wildman–Crippen MR) is 87.2 cm³/mol. The molecule has 10 nitrogen and oxygen atoms in total. The quantitative estimate of drug-likeness (QED) is 0.536. The van der Waals surface area contributed by atoms with E-state index in [1.165, 1.54) is 6.92 Å². The van der Waals surface area contributed by atoms with Crippen molar-refractivity contribution in [2.75, 3.05) is 7.11 Å². The second kappa shape index (κ2) is 6.64. The summed E-state index contributed by atoms with van der Waals surface area (Å²) in [5.74, 6) is -2.58. The topological polar surface area (TPSA) is 168 Å². The van der Waals surface area contributed by atoms with Gasteiger partial charge in [0.2, 0.25) is 0 Å². The number of hydrogen-bond acceptors (Lipinski definition) is 8. The van der Waals surface area contributed by atoms with Crippen LogP contribution in [-0.4, -0.2) is 43.3 Å². The maximum Gasteiger partial charge on any atom is 0.298 e. The highest BCUT2D eigenvalue weighted by Crippen LogP contribution is 2.41. The summed E-state index contributed by atoms with van der Waals surface area (Å²) in [6.45, 7) is 1.36. The van der Waals surface area contributed by atoms with Crippen molar-refractivity contribution in [1.82, 2.24) is 0 Å². The van der Waals surface area contributed by atoms with Crippen molar-refractivity contribution in [3.05, 3.63) is 29.8 Å². The Bertz CT molecular complexity index is 1070. The molecular weight excluding hydrogens is 392 g/mol. The molecule has 2 aromatic carbocycles. The van der Waals surface area contributed by atoms with Gasteiger partial charge in [-0.15, -0.1) is 0 Å². The van der Waals surface area contributed by atoms with Gasteiger partial charge in [0.1, 0.15) is 15.5 Å². The van der Waals surface area contributed by atoms with Gasteiger partial charge in [-0.1, -0.05) is 0 Å². The first-order valence-electron chi connectivity index (χ1n) is 6.72. The number of aryl methyl sites for hydroxylation is 1. The molecule has 0 amide bonds. The second-order valence-electron chi connectivity index (χ2n) is 5.11. The Labute approximate surface area is 148 Å². The molecular formula is C14H14O10S2. The number of aromatic hydroxyl groups is 2. The van der Waals surface area contributed by atoms with Gasteiger partial charge in [-0.25, -0.2) is 0 Å². The lowest BCUT2D eigenvalue weighted by molar-refractivity contribution is 0.365. The molecule has 2 rings (SSSR count). The first-order chi connectivity index (χ1) is 11.8. The van der Waals surface area contributed by atoms with E-state index in [0.29, 0.717) is 0 Å². The third-order valence-corrected chi connectivity index (χ3v) is 5.03. The van der Waals surface area contributed by atoms with E-state index in [4.69, 9.17) is 9.47 Å². The highest BCUT2D eigenvalue weighted by atomic mass is 32.2. The van der Waals surface area contributed by atoms with E-state index >= 15 is 0 Å². The van der Waals surface area contributed by atoms with Crippen LogP contribution in [0.15, 0.2) is 34.1 Å². The summed E-state index contributed by atoms with van der Waals surface area (Å²) in [6, 6.07) is 3.23. The van der Waals surface area contributed by atoms with Crippen LogP contribution >= 0.6 is 0 Å². The molecule has 0 aliphatic heterocycles. The number of rotatable bonds is 5. The largest absolute Gasteiger partial charge is 0.508 e. The Morgan fingerprint density at radius 3 is 1.69 bits per heavy atom. The Kier molecular flexibility index (Phi) is 5.05. The van der Waals surface area contributed by atoms with Crippen LogP contribution in [0.2, 0.25) is 0 Å². The number of hydrogen-bond donors (Lipinski definition) is 4. The molecule has 0 fully saturated rings. The molecule has 12 heteroatoms. The fraction of sp³-hybridized carbons (Fsp3) is 0.143. The standard InChI is InChI=1S/C14H14O10S2/c1-7-3-13(25(17,18)19)11(4-8(7)15)24-12-5-9(16)10(23-2)6-14(12)26(20,21)22/h3-6,15-16H,1-2H3,(H,17,18,19)(H,20,21,22). The molecule has 0 aliphatic rings. The molecule has 2 aromatic rings. The van der Waals surface area contributed by atoms with E-state index in [0.717, 1.165) is 31.4 Å². The molecule has 0 spiro atoms. The van der Waals surface area contributed by atoms with Crippen molar-refractivity contribution in [2.45, 2.75) is 16.7 Å². The van der Waals surface area contributed by atoms with Crippen molar-refractivity contribution in [3.63, 3.8) is 0 Å². The zero-order valence-electron chi connectivity index (χ0n) is 13.4. The Balaban J connectivity index is 2.74. The van der Waals surface area contributed by atoms with Crippen LogP contribution in [0.25, 0.3) is 0 Å². The van der Waals surface area contributed by atoms with Gasteiger partial charge in [-0.2, -0.15) is 16.8 Å². The molecule has 0 aliphatic carbocycles. The van der Waals surface area contributed by atoms with Gasteiger partial charge in [0.25, 0.3) is 20.2 Å². The van der Waals surface area contributed by atoms with Crippen LogP contribution < -0.4 is 9.47 Å². The maximum atomic E-state index is 11.5. The lowest BCUT2D eigenvalue weighted by Gasteiger charge is -2.15. The highest BCUT2D eigenvalue weighted by Gasteiger charge is 2.25. The molecule has 0 aromatic heterocycles. The van der Waals surface area contributed by atoms with Crippen molar-refractivity contribution in [1.29, 1.82) is 0 Å². The zero-order chi connectivity index (χ0) is 19.9. The highest BCUT2D eigenvalue weighted by molar-refractivity contribution is 7.86. The second-order valence-corrected chi connectivity index (χ2v) is 7.89. The molecule has 0 saturated carbocycles. The number of ether oxygens (including phenoxy) is 2. The maximum absolute atomic E-state index is 11.5. The van der Waals surface area contributed by atoms with Crippen LogP contribution in [-0.2, 0) is 20.2 Å². The van der Waals surface area contributed by atoms with Crippen LogP contribution in [0.4, 0.5) is 0 Å². The number of methoxy groups -OCH3 is 1. The zero-order valence-corrected chi connectivity index (χ0v) is 15.0. The number of phenols is 2. The lowest BCUT2D eigenvalue weighted by Crippen LogP contribution is -2.05. The molecule has 142 valence electrons. The third kappa shape index (κ3) is 3.99. The SMILES string of the molecule is COc1cc(S(=O)(=O)O)c(Oc2cc(O)c(C)cc2S(=O)(=O)O)cc1O. The van der Waals surface area contributed by atoms with Gasteiger partial charge >= 0.3 is 0 Å². The summed E-state index contributed by atoms with van der Waals surface area (Å²) >= 11 is 0. The summed E-state index contributed by atoms with van der Waals surface area (Å²) in [6.07, 6.45) is 0. The van der Waals surface area contributed by atoms with Crippen LogP contribution in [0.1, 0.15) is 5.56 Å². The fourth-order valence-corrected chi connectivity index (χ4v) is 3.32. The summed E-state index contributed by atoms with van der Waals surface area (Å²) in [5.41, 5.74) is 0.0950. The first-order valence-corrected chi connectivity index (χ1v) is 9.60. The van der Waals surface area contributed by atoms with Crippen molar-refractivity contribution in [2.24, 2.45) is 0 Å². The van der Waals surface area contributed by atoms with Gasteiger partial charge < -0.3 is 19.7 Å². The average molecular weight is 406 g/mol. The summed E-state index contributed by atoms with van der Waals surface area (Å²) in [7, 11) is -8.52. The average Bonchev–Trinajstić information content (AvgIpc) is 2.48. The van der Waals surface area contributed by atoms with Gasteiger partial charge in [-0.3, -0.25) is 9.11 Å². The molecule has 26 heavy (non-hydrogen) atoms. The normalized spacial score (nSPS) is 12.0. The van der Waals surface area contributed by atoms with Gasteiger partial charge in [0.15, 0.2) is 23.0 Å². The predicted octanol–water partition coefficient (Wildman–Crippen LogP) is 1.70. The molecule has 0 unspecified atom stereocenters. The number of phenolic OH excluding ortho intramolecular Hbond substituents is 2. The lowest BCUT2D eigenvalue weighted by atomic mass is 10.2. The minimum Gasteiger partial charge on any atom is -0.508 e. The molecule has 0 atom stereocenters. The van der Waals surface area contributed by atoms with E-state index in [1.54, 1.807) is 0 Å². The van der Waals surface area contributed by atoms with Gasteiger partial charge in [0.05, 0.1) is 7.11 Å². The first kappa shape index (κ1) is 19.8. The Hall–Kier alpha value is -2.54. The van der Waals surface area contributed by atoms with Crippen molar-refractivity contribution >= 4 is 20.2 Å².